The molecule has 1 atom stereocenters. The van der Waals surface area contributed by atoms with Gasteiger partial charge in [0.2, 0.25) is 0 Å². The lowest BCUT2D eigenvalue weighted by molar-refractivity contribution is 0.0949. The van der Waals surface area contributed by atoms with Gasteiger partial charge in [-0.05, 0) is 38.1 Å². The molecule has 0 aromatic heterocycles. The van der Waals surface area contributed by atoms with E-state index in [1.807, 2.05) is 51.2 Å². The number of nitrogens with zero attached hydrogens (tertiary/aromatic N) is 1. The molecule has 0 heterocycles. The maximum atomic E-state index is 12.2. The van der Waals surface area contributed by atoms with Crippen LogP contribution in [-0.2, 0) is 0 Å². The summed E-state index contributed by atoms with van der Waals surface area (Å²) in [7, 11) is 2.00. The summed E-state index contributed by atoms with van der Waals surface area (Å²) in [5.74, 6) is -0.248. The van der Waals surface area contributed by atoms with Crippen LogP contribution in [0.25, 0.3) is 0 Å². The molecular weight excluding hydrogens is 276 g/mol. The monoisotopic (exact) mass is 298 g/mol. The summed E-state index contributed by atoms with van der Waals surface area (Å²) in [5.41, 5.74) is 2.36. The number of aromatic hydroxyl groups is 1. The summed E-state index contributed by atoms with van der Waals surface area (Å²) in [6, 6.07) is 15.2. The van der Waals surface area contributed by atoms with Crippen molar-refractivity contribution in [2.24, 2.45) is 0 Å². The van der Waals surface area contributed by atoms with E-state index in [4.69, 9.17) is 0 Å². The maximum Gasteiger partial charge on any atom is 0.255 e. The summed E-state index contributed by atoms with van der Waals surface area (Å²) in [5, 5.41) is 12.7. The standard InChI is InChI=1S/C18H22N2O2/c1-13-9-10-17(21)16(11-13)18(22)19-12-14(2)20(3)15-7-5-4-6-8-15/h4-11,14,21H,12H2,1-3H3,(H,19,22)/t14-/m0/s1. The van der Waals surface area contributed by atoms with Gasteiger partial charge in [0, 0.05) is 25.3 Å². The molecule has 0 aliphatic heterocycles. The van der Waals surface area contributed by atoms with Crippen LogP contribution in [0, 0.1) is 6.92 Å². The first kappa shape index (κ1) is 15.9. The Balaban J connectivity index is 1.97. The number of hydrogen-bond donors (Lipinski definition) is 2. The molecule has 4 heteroatoms. The first-order valence-corrected chi connectivity index (χ1v) is 7.34. The molecule has 0 fully saturated rings. The fourth-order valence-corrected chi connectivity index (χ4v) is 2.22. The van der Waals surface area contributed by atoms with Gasteiger partial charge < -0.3 is 15.3 Å². The minimum Gasteiger partial charge on any atom is -0.507 e. The van der Waals surface area contributed by atoms with Gasteiger partial charge in [-0.1, -0.05) is 29.8 Å². The van der Waals surface area contributed by atoms with Crippen LogP contribution < -0.4 is 10.2 Å². The van der Waals surface area contributed by atoms with Gasteiger partial charge in [0.1, 0.15) is 5.75 Å². The van der Waals surface area contributed by atoms with Crippen LogP contribution in [-0.4, -0.2) is 30.6 Å². The zero-order chi connectivity index (χ0) is 16.1. The number of hydrogen-bond acceptors (Lipinski definition) is 3. The highest BCUT2D eigenvalue weighted by Gasteiger charge is 2.14. The number of nitrogens with one attached hydrogen (secondary N) is 1. The Kier molecular flexibility index (Phi) is 5.04. The summed E-state index contributed by atoms with van der Waals surface area (Å²) in [6.45, 7) is 4.43. The zero-order valence-electron chi connectivity index (χ0n) is 13.2. The normalized spacial score (nSPS) is 11.8. The van der Waals surface area contributed by atoms with Crippen molar-refractivity contribution < 1.29 is 9.90 Å². The summed E-state index contributed by atoms with van der Waals surface area (Å²) in [4.78, 5) is 14.3. The summed E-state index contributed by atoms with van der Waals surface area (Å²) >= 11 is 0. The number of carbonyl (C=O) groups is 1. The molecule has 2 aromatic rings. The third-order valence-corrected chi connectivity index (χ3v) is 3.78. The summed E-state index contributed by atoms with van der Waals surface area (Å²) < 4.78 is 0. The second-order valence-electron chi connectivity index (χ2n) is 5.53. The fraction of sp³-hybridized carbons (Fsp3) is 0.278. The molecule has 0 spiro atoms. The summed E-state index contributed by atoms with van der Waals surface area (Å²) in [6.07, 6.45) is 0. The van der Waals surface area contributed by atoms with E-state index in [2.05, 4.69) is 10.2 Å². The van der Waals surface area contributed by atoms with Crippen LogP contribution >= 0.6 is 0 Å². The second kappa shape index (κ2) is 6.98. The Morgan fingerprint density at radius 2 is 1.91 bits per heavy atom. The topological polar surface area (TPSA) is 52.6 Å². The Morgan fingerprint density at radius 1 is 1.23 bits per heavy atom. The van der Waals surface area contributed by atoms with Crippen LogP contribution in [0.1, 0.15) is 22.8 Å². The van der Waals surface area contributed by atoms with E-state index < -0.39 is 0 Å². The highest BCUT2D eigenvalue weighted by Crippen LogP contribution is 2.18. The van der Waals surface area contributed by atoms with Crippen molar-refractivity contribution in [2.45, 2.75) is 19.9 Å². The van der Waals surface area contributed by atoms with E-state index in [0.29, 0.717) is 12.1 Å². The van der Waals surface area contributed by atoms with Crippen molar-refractivity contribution in [1.82, 2.24) is 5.32 Å². The lowest BCUT2D eigenvalue weighted by Crippen LogP contribution is -2.40. The predicted molar refractivity (Wildman–Crippen MR) is 89.5 cm³/mol. The van der Waals surface area contributed by atoms with Gasteiger partial charge in [0.25, 0.3) is 5.91 Å². The highest BCUT2D eigenvalue weighted by atomic mass is 16.3. The largest absolute Gasteiger partial charge is 0.507 e. The Hall–Kier alpha value is -2.49. The van der Waals surface area contributed by atoms with E-state index >= 15 is 0 Å². The number of likely N-dealkylation sites (N-methyl/N-ethyl adjacent to an activating group) is 1. The Morgan fingerprint density at radius 3 is 2.59 bits per heavy atom. The lowest BCUT2D eigenvalue weighted by Gasteiger charge is -2.27. The number of phenols is 1. The number of anilines is 1. The van der Waals surface area contributed by atoms with Gasteiger partial charge in [-0.2, -0.15) is 0 Å². The quantitative estimate of drug-likeness (QED) is 0.892. The molecular formula is C18H22N2O2. The van der Waals surface area contributed by atoms with Gasteiger partial charge in [0.05, 0.1) is 5.56 Å². The third kappa shape index (κ3) is 3.79. The number of benzene rings is 2. The van der Waals surface area contributed by atoms with Crippen molar-refractivity contribution in [2.75, 3.05) is 18.5 Å². The Labute approximate surface area is 131 Å². The highest BCUT2D eigenvalue weighted by molar-refractivity contribution is 5.97. The van der Waals surface area contributed by atoms with Crippen molar-refractivity contribution in [3.8, 4) is 5.75 Å². The molecule has 0 aliphatic rings. The number of amides is 1. The zero-order valence-corrected chi connectivity index (χ0v) is 13.2. The average Bonchev–Trinajstić information content (AvgIpc) is 2.54. The first-order valence-electron chi connectivity index (χ1n) is 7.34. The molecule has 2 rings (SSSR count). The SMILES string of the molecule is Cc1ccc(O)c(C(=O)NC[C@H](C)N(C)c2ccccc2)c1. The molecule has 116 valence electrons. The molecule has 22 heavy (non-hydrogen) atoms. The van der Waals surface area contributed by atoms with E-state index in [1.165, 1.54) is 0 Å². The molecule has 0 saturated heterocycles. The number of carbonyl (C=O) groups excluding carboxylic acids is 1. The Bertz CT molecular complexity index is 641. The second-order valence-corrected chi connectivity index (χ2v) is 5.53. The smallest absolute Gasteiger partial charge is 0.255 e. The molecule has 0 aliphatic carbocycles. The number of phenolic OH excluding ortho intramolecular Hbond substituents is 1. The molecule has 0 saturated carbocycles. The van der Waals surface area contributed by atoms with E-state index in [0.717, 1.165) is 11.3 Å². The maximum absolute atomic E-state index is 12.2. The van der Waals surface area contributed by atoms with Gasteiger partial charge in [-0.25, -0.2) is 0 Å². The van der Waals surface area contributed by atoms with E-state index in [1.54, 1.807) is 18.2 Å². The van der Waals surface area contributed by atoms with Crippen molar-refractivity contribution >= 4 is 11.6 Å². The van der Waals surface area contributed by atoms with Crippen LogP contribution in [0.2, 0.25) is 0 Å². The number of rotatable bonds is 5. The molecule has 4 nitrogen and oxygen atoms in total. The minimum absolute atomic E-state index is 0.00664. The third-order valence-electron chi connectivity index (χ3n) is 3.78. The van der Waals surface area contributed by atoms with Gasteiger partial charge in [0.15, 0.2) is 0 Å². The van der Waals surface area contributed by atoms with E-state index in [9.17, 15) is 9.90 Å². The van der Waals surface area contributed by atoms with Crippen molar-refractivity contribution in [3.05, 3.63) is 59.7 Å². The van der Waals surface area contributed by atoms with Gasteiger partial charge in [-0.15, -0.1) is 0 Å². The van der Waals surface area contributed by atoms with Crippen molar-refractivity contribution in [3.63, 3.8) is 0 Å². The van der Waals surface area contributed by atoms with Crippen LogP contribution in [0.3, 0.4) is 0 Å². The lowest BCUT2D eigenvalue weighted by atomic mass is 10.1. The average molecular weight is 298 g/mol. The van der Waals surface area contributed by atoms with Gasteiger partial charge in [-0.3, -0.25) is 4.79 Å². The fourth-order valence-electron chi connectivity index (χ4n) is 2.22. The first-order chi connectivity index (χ1) is 10.5. The van der Waals surface area contributed by atoms with Crippen molar-refractivity contribution in [1.29, 1.82) is 0 Å². The van der Waals surface area contributed by atoms with Crippen LogP contribution in [0.4, 0.5) is 5.69 Å². The minimum atomic E-state index is -0.255. The molecule has 1 amide bonds. The molecule has 0 radical (unpaired) electrons. The molecule has 2 aromatic carbocycles. The van der Waals surface area contributed by atoms with Gasteiger partial charge >= 0.3 is 0 Å². The number of aryl methyl sites for hydroxylation is 1. The van der Waals surface area contributed by atoms with Crippen LogP contribution in [0.15, 0.2) is 48.5 Å². The molecule has 0 unspecified atom stereocenters. The van der Waals surface area contributed by atoms with E-state index in [-0.39, 0.29) is 17.7 Å². The number of para-hydroxylation sites is 1. The molecule has 2 N–H and O–H groups in total. The van der Waals surface area contributed by atoms with Crippen LogP contribution in [0.5, 0.6) is 5.75 Å². The molecule has 0 bridgehead atoms. The predicted octanol–water partition coefficient (Wildman–Crippen LogP) is 2.96.